The number of halogens is 1. The minimum atomic E-state index is -0.249. The molecule has 1 aliphatic carbocycles. The van der Waals surface area contributed by atoms with Crippen LogP contribution in [-0.4, -0.2) is 18.3 Å². The van der Waals surface area contributed by atoms with Crippen molar-refractivity contribution >= 4 is 0 Å². The summed E-state index contributed by atoms with van der Waals surface area (Å²) in [5.74, 6) is -0.232. The molecule has 0 spiro atoms. The Kier molecular flexibility index (Phi) is 2.32. The third-order valence-electron chi connectivity index (χ3n) is 3.89. The van der Waals surface area contributed by atoms with Crippen molar-refractivity contribution in [3.63, 3.8) is 0 Å². The van der Waals surface area contributed by atoms with Gasteiger partial charge in [0.2, 0.25) is 0 Å². The van der Waals surface area contributed by atoms with E-state index in [1.807, 2.05) is 13.0 Å². The average Bonchev–Trinajstić information content (AvgIpc) is 2.87. The lowest BCUT2D eigenvalue weighted by Gasteiger charge is -2.19. The van der Waals surface area contributed by atoms with Crippen LogP contribution in [0.15, 0.2) is 24.3 Å². The summed E-state index contributed by atoms with van der Waals surface area (Å²) in [6.45, 7) is 2.54. The molecule has 0 saturated heterocycles. The number of aliphatic hydroxyl groups is 1. The molecule has 0 heterocycles. The Morgan fingerprint density at radius 3 is 2.73 bits per heavy atom. The van der Waals surface area contributed by atoms with Crippen LogP contribution in [0.1, 0.15) is 18.9 Å². The summed E-state index contributed by atoms with van der Waals surface area (Å²) in [5, 5.41) is 9.35. The number of hydrogen-bond acceptors (Lipinski definition) is 2. The van der Waals surface area contributed by atoms with Crippen molar-refractivity contribution in [2.75, 3.05) is 13.2 Å². The van der Waals surface area contributed by atoms with Crippen molar-refractivity contribution < 1.29 is 9.50 Å². The van der Waals surface area contributed by atoms with E-state index < -0.39 is 0 Å². The van der Waals surface area contributed by atoms with Gasteiger partial charge in [0.15, 0.2) is 0 Å². The molecule has 0 amide bonds. The smallest absolute Gasteiger partial charge is 0.123 e. The van der Waals surface area contributed by atoms with Gasteiger partial charge in [-0.2, -0.15) is 0 Å². The van der Waals surface area contributed by atoms with Crippen molar-refractivity contribution in [2.24, 2.45) is 11.1 Å². The molecule has 0 aliphatic heterocycles. The molecule has 3 heteroatoms. The number of nitrogens with two attached hydrogens (primary N) is 1. The number of benzene rings is 1. The Balaban J connectivity index is 2.34. The second kappa shape index (κ2) is 3.29. The normalized spacial score (nSPS) is 34.1. The van der Waals surface area contributed by atoms with Crippen LogP contribution in [0.25, 0.3) is 0 Å². The van der Waals surface area contributed by atoms with Crippen LogP contribution >= 0.6 is 0 Å². The number of aliphatic hydroxyl groups excluding tert-OH is 1. The molecule has 2 unspecified atom stereocenters. The van der Waals surface area contributed by atoms with Crippen LogP contribution < -0.4 is 5.73 Å². The van der Waals surface area contributed by atoms with Gasteiger partial charge in [0.25, 0.3) is 0 Å². The van der Waals surface area contributed by atoms with E-state index in [9.17, 15) is 9.50 Å². The van der Waals surface area contributed by atoms with Gasteiger partial charge in [-0.05, 0) is 24.1 Å². The molecule has 82 valence electrons. The lowest BCUT2D eigenvalue weighted by molar-refractivity contribution is 0.198. The van der Waals surface area contributed by atoms with Gasteiger partial charge >= 0.3 is 0 Å². The molecule has 15 heavy (non-hydrogen) atoms. The lowest BCUT2D eigenvalue weighted by Crippen LogP contribution is -2.27. The maximum Gasteiger partial charge on any atom is 0.123 e. The van der Waals surface area contributed by atoms with Gasteiger partial charge in [-0.3, -0.25) is 0 Å². The van der Waals surface area contributed by atoms with Gasteiger partial charge in [-0.25, -0.2) is 4.39 Å². The van der Waals surface area contributed by atoms with Crippen LogP contribution in [0, 0.1) is 11.2 Å². The third kappa shape index (κ3) is 1.38. The zero-order valence-corrected chi connectivity index (χ0v) is 8.83. The molecule has 0 radical (unpaired) electrons. The molecule has 1 aromatic carbocycles. The molecule has 1 aromatic rings. The molecular formula is C12H16FNO. The van der Waals surface area contributed by atoms with Crippen molar-refractivity contribution in [3.8, 4) is 0 Å². The first-order valence-corrected chi connectivity index (χ1v) is 5.15. The number of hydrogen-bond donors (Lipinski definition) is 2. The van der Waals surface area contributed by atoms with E-state index in [0.717, 1.165) is 12.0 Å². The van der Waals surface area contributed by atoms with E-state index in [0.29, 0.717) is 6.54 Å². The predicted molar refractivity (Wildman–Crippen MR) is 56.9 cm³/mol. The summed E-state index contributed by atoms with van der Waals surface area (Å²) < 4.78 is 13.1. The maximum absolute atomic E-state index is 13.1. The summed E-state index contributed by atoms with van der Waals surface area (Å²) in [4.78, 5) is 0. The highest BCUT2D eigenvalue weighted by molar-refractivity contribution is 5.37. The van der Waals surface area contributed by atoms with Crippen LogP contribution in [0.2, 0.25) is 0 Å². The monoisotopic (exact) mass is 209 g/mol. The Morgan fingerprint density at radius 1 is 1.53 bits per heavy atom. The molecule has 3 N–H and O–H groups in total. The van der Waals surface area contributed by atoms with Gasteiger partial charge in [-0.1, -0.05) is 19.1 Å². The summed E-state index contributed by atoms with van der Waals surface area (Å²) in [7, 11) is 0. The molecule has 1 aliphatic rings. The van der Waals surface area contributed by atoms with Crippen LogP contribution in [0.3, 0.4) is 0 Å². The van der Waals surface area contributed by atoms with Gasteiger partial charge in [0, 0.05) is 17.4 Å². The van der Waals surface area contributed by atoms with Crippen LogP contribution in [-0.2, 0) is 5.41 Å². The molecule has 1 fully saturated rings. The third-order valence-corrected chi connectivity index (χ3v) is 3.89. The van der Waals surface area contributed by atoms with Crippen molar-refractivity contribution in [3.05, 3.63) is 35.6 Å². The second-order valence-corrected chi connectivity index (χ2v) is 4.66. The first-order valence-electron chi connectivity index (χ1n) is 5.15. The highest BCUT2D eigenvalue weighted by Gasteiger charge is 2.63. The topological polar surface area (TPSA) is 46.2 Å². The van der Waals surface area contributed by atoms with E-state index in [4.69, 9.17) is 5.73 Å². The fourth-order valence-corrected chi connectivity index (χ4v) is 2.46. The molecule has 2 nitrogen and oxygen atoms in total. The molecule has 0 aromatic heterocycles. The van der Waals surface area contributed by atoms with Crippen LogP contribution in [0.5, 0.6) is 0 Å². The summed E-state index contributed by atoms with van der Waals surface area (Å²) >= 11 is 0. The van der Waals surface area contributed by atoms with E-state index in [2.05, 4.69) is 0 Å². The van der Waals surface area contributed by atoms with Gasteiger partial charge < -0.3 is 10.8 Å². The summed E-state index contributed by atoms with van der Waals surface area (Å²) in [5.41, 5.74) is 6.19. The molecular weight excluding hydrogens is 193 g/mol. The van der Waals surface area contributed by atoms with E-state index in [1.54, 1.807) is 6.07 Å². The zero-order chi connectivity index (χ0) is 11.1. The van der Waals surface area contributed by atoms with E-state index in [-0.39, 0.29) is 23.3 Å². The molecule has 2 atom stereocenters. The Hall–Kier alpha value is -0.930. The maximum atomic E-state index is 13.1. The predicted octanol–water partition coefficient (Wildman–Crippen LogP) is 1.42. The summed E-state index contributed by atoms with van der Waals surface area (Å²) in [6.07, 6.45) is 0.830. The lowest BCUT2D eigenvalue weighted by atomic mass is 9.88. The van der Waals surface area contributed by atoms with Crippen molar-refractivity contribution in [1.29, 1.82) is 0 Å². The minimum Gasteiger partial charge on any atom is -0.396 e. The average molecular weight is 209 g/mol. The van der Waals surface area contributed by atoms with Gasteiger partial charge in [-0.15, -0.1) is 0 Å². The van der Waals surface area contributed by atoms with Crippen molar-refractivity contribution in [2.45, 2.75) is 18.8 Å². The van der Waals surface area contributed by atoms with Gasteiger partial charge in [0.1, 0.15) is 5.82 Å². The zero-order valence-electron chi connectivity index (χ0n) is 8.83. The quantitative estimate of drug-likeness (QED) is 0.791. The Labute approximate surface area is 88.9 Å². The largest absolute Gasteiger partial charge is 0.396 e. The fourth-order valence-electron chi connectivity index (χ4n) is 2.46. The highest BCUT2D eigenvalue weighted by atomic mass is 19.1. The van der Waals surface area contributed by atoms with Gasteiger partial charge in [0.05, 0.1) is 6.61 Å². The number of rotatable bonds is 3. The molecule has 0 bridgehead atoms. The van der Waals surface area contributed by atoms with Crippen LogP contribution in [0.4, 0.5) is 4.39 Å². The SMILES string of the molecule is CC1(c2cccc(F)c2)CC1(CN)CO. The summed E-state index contributed by atoms with van der Waals surface area (Å²) in [6, 6.07) is 6.56. The van der Waals surface area contributed by atoms with E-state index in [1.165, 1.54) is 12.1 Å². The second-order valence-electron chi connectivity index (χ2n) is 4.66. The highest BCUT2D eigenvalue weighted by Crippen LogP contribution is 2.63. The van der Waals surface area contributed by atoms with Crippen molar-refractivity contribution in [1.82, 2.24) is 0 Å². The fraction of sp³-hybridized carbons (Fsp3) is 0.500. The standard InChI is InChI=1S/C12H16FNO/c1-11(6-12(11,7-14)8-15)9-3-2-4-10(13)5-9/h2-5,15H,6-8,14H2,1H3. The minimum absolute atomic E-state index is 0.0660. The first-order chi connectivity index (χ1) is 7.08. The molecule has 2 rings (SSSR count). The Bertz CT molecular complexity index is 376. The first kappa shape index (κ1) is 10.6. The molecule has 1 saturated carbocycles. The Morgan fingerprint density at radius 2 is 2.27 bits per heavy atom. The van der Waals surface area contributed by atoms with E-state index >= 15 is 0 Å².